The van der Waals surface area contributed by atoms with Gasteiger partial charge in [-0.25, -0.2) is 0 Å². The minimum Gasteiger partial charge on any atom is -0.491 e. The molecule has 1 unspecified atom stereocenters. The molecular weight excluding hydrogens is 214 g/mol. The summed E-state index contributed by atoms with van der Waals surface area (Å²) in [6, 6.07) is 5.37. The van der Waals surface area contributed by atoms with E-state index in [9.17, 15) is 5.11 Å². The third-order valence-corrected chi connectivity index (χ3v) is 2.54. The third-order valence-electron chi connectivity index (χ3n) is 2.18. The van der Waals surface area contributed by atoms with Gasteiger partial charge < -0.3 is 15.6 Å². The van der Waals surface area contributed by atoms with Crippen LogP contribution in [0.3, 0.4) is 0 Å². The van der Waals surface area contributed by atoms with E-state index in [0.29, 0.717) is 23.7 Å². The van der Waals surface area contributed by atoms with E-state index in [-0.39, 0.29) is 6.61 Å². The van der Waals surface area contributed by atoms with E-state index in [1.54, 1.807) is 18.2 Å². The normalized spacial score (nSPS) is 12.5. The zero-order valence-electron chi connectivity index (χ0n) is 8.74. The average molecular weight is 230 g/mol. The summed E-state index contributed by atoms with van der Waals surface area (Å²) in [5.41, 5.74) is 6.34. The van der Waals surface area contributed by atoms with Crippen molar-refractivity contribution in [2.75, 3.05) is 6.61 Å². The van der Waals surface area contributed by atoms with Crippen LogP contribution in [0.2, 0.25) is 5.02 Å². The van der Waals surface area contributed by atoms with Crippen LogP contribution in [0.4, 0.5) is 0 Å². The van der Waals surface area contributed by atoms with Gasteiger partial charge in [0.05, 0.1) is 6.10 Å². The Hall–Kier alpha value is -0.770. The lowest BCUT2D eigenvalue weighted by molar-refractivity contribution is 0.104. The highest BCUT2D eigenvalue weighted by Gasteiger charge is 2.08. The summed E-state index contributed by atoms with van der Waals surface area (Å²) in [4.78, 5) is 0. The molecule has 0 saturated heterocycles. The standard InChI is InChI=1S/C11H16ClNO2/c1-2-8(14)7-15-11-5-3-4-10(12)9(11)6-13/h3-5,8,14H,2,6-7,13H2,1H3. The van der Waals surface area contributed by atoms with E-state index in [1.165, 1.54) is 0 Å². The Labute approximate surface area is 94.8 Å². The molecule has 3 N–H and O–H groups in total. The van der Waals surface area contributed by atoms with Gasteiger partial charge in [-0.05, 0) is 18.6 Å². The van der Waals surface area contributed by atoms with Gasteiger partial charge in [-0.2, -0.15) is 0 Å². The monoisotopic (exact) mass is 229 g/mol. The largest absolute Gasteiger partial charge is 0.491 e. The highest BCUT2D eigenvalue weighted by atomic mass is 35.5. The van der Waals surface area contributed by atoms with Gasteiger partial charge in [0, 0.05) is 17.1 Å². The van der Waals surface area contributed by atoms with Crippen LogP contribution in [0.15, 0.2) is 18.2 Å². The smallest absolute Gasteiger partial charge is 0.125 e. The average Bonchev–Trinajstić information content (AvgIpc) is 2.25. The van der Waals surface area contributed by atoms with E-state index in [0.717, 1.165) is 5.56 Å². The summed E-state index contributed by atoms with van der Waals surface area (Å²) in [6.45, 7) is 2.50. The van der Waals surface area contributed by atoms with E-state index in [2.05, 4.69) is 0 Å². The van der Waals surface area contributed by atoms with Gasteiger partial charge in [0.15, 0.2) is 0 Å². The van der Waals surface area contributed by atoms with Gasteiger partial charge in [0.25, 0.3) is 0 Å². The van der Waals surface area contributed by atoms with Crippen molar-refractivity contribution in [3.8, 4) is 5.75 Å². The molecule has 0 aliphatic rings. The van der Waals surface area contributed by atoms with Gasteiger partial charge in [0.2, 0.25) is 0 Å². The molecule has 0 aliphatic carbocycles. The lowest BCUT2D eigenvalue weighted by atomic mass is 10.2. The highest BCUT2D eigenvalue weighted by molar-refractivity contribution is 6.31. The molecule has 0 aromatic heterocycles. The lowest BCUT2D eigenvalue weighted by Crippen LogP contribution is -2.17. The molecule has 3 nitrogen and oxygen atoms in total. The molecule has 84 valence electrons. The zero-order valence-corrected chi connectivity index (χ0v) is 9.50. The summed E-state index contributed by atoms with van der Waals surface area (Å²) >= 11 is 5.96. The maximum absolute atomic E-state index is 9.36. The fraction of sp³-hybridized carbons (Fsp3) is 0.455. The second kappa shape index (κ2) is 5.95. The van der Waals surface area contributed by atoms with Crippen LogP contribution in [0.5, 0.6) is 5.75 Å². The Morgan fingerprint density at radius 3 is 2.87 bits per heavy atom. The van der Waals surface area contributed by atoms with Crippen molar-refractivity contribution in [2.45, 2.75) is 26.0 Å². The number of benzene rings is 1. The molecule has 15 heavy (non-hydrogen) atoms. The van der Waals surface area contributed by atoms with Crippen LogP contribution in [0, 0.1) is 0 Å². The van der Waals surface area contributed by atoms with Gasteiger partial charge >= 0.3 is 0 Å². The minimum absolute atomic E-state index is 0.268. The topological polar surface area (TPSA) is 55.5 Å². The van der Waals surface area contributed by atoms with E-state index < -0.39 is 6.10 Å². The Kier molecular flexibility index (Phi) is 4.88. The molecule has 1 atom stereocenters. The van der Waals surface area contributed by atoms with Crippen molar-refractivity contribution in [1.82, 2.24) is 0 Å². The second-order valence-corrected chi connectivity index (χ2v) is 3.70. The maximum atomic E-state index is 9.36. The Morgan fingerprint density at radius 1 is 1.53 bits per heavy atom. The number of ether oxygens (including phenoxy) is 1. The van der Waals surface area contributed by atoms with Crippen LogP contribution in [-0.2, 0) is 6.54 Å². The molecule has 0 heterocycles. The Bertz CT molecular complexity index is 317. The number of rotatable bonds is 5. The number of nitrogens with two attached hydrogens (primary N) is 1. The van der Waals surface area contributed by atoms with Crippen LogP contribution in [0.25, 0.3) is 0 Å². The van der Waals surface area contributed by atoms with Gasteiger partial charge in [-0.15, -0.1) is 0 Å². The number of aliphatic hydroxyl groups is 1. The summed E-state index contributed by atoms with van der Waals surface area (Å²) in [5.74, 6) is 0.650. The third kappa shape index (κ3) is 3.38. The summed E-state index contributed by atoms with van der Waals surface area (Å²) < 4.78 is 5.45. The summed E-state index contributed by atoms with van der Waals surface area (Å²) in [7, 11) is 0. The molecule has 0 spiro atoms. The number of hydrogen-bond donors (Lipinski definition) is 2. The predicted octanol–water partition coefficient (Wildman–Crippen LogP) is 1.95. The van der Waals surface area contributed by atoms with Crippen molar-refractivity contribution in [2.24, 2.45) is 5.73 Å². The fourth-order valence-corrected chi connectivity index (χ4v) is 1.42. The quantitative estimate of drug-likeness (QED) is 0.812. The molecule has 0 bridgehead atoms. The molecule has 0 amide bonds. The second-order valence-electron chi connectivity index (χ2n) is 3.29. The van der Waals surface area contributed by atoms with Crippen molar-refractivity contribution in [1.29, 1.82) is 0 Å². The van der Waals surface area contributed by atoms with Crippen LogP contribution in [-0.4, -0.2) is 17.8 Å². The van der Waals surface area contributed by atoms with E-state index in [1.807, 2.05) is 6.92 Å². The Balaban J connectivity index is 2.72. The number of aliphatic hydroxyl groups excluding tert-OH is 1. The van der Waals surface area contributed by atoms with Gasteiger partial charge in [-0.1, -0.05) is 24.6 Å². The minimum atomic E-state index is -0.449. The number of halogens is 1. The first-order valence-corrected chi connectivity index (χ1v) is 5.35. The van der Waals surface area contributed by atoms with Crippen LogP contribution >= 0.6 is 11.6 Å². The van der Waals surface area contributed by atoms with Crippen LogP contribution in [0.1, 0.15) is 18.9 Å². The summed E-state index contributed by atoms with van der Waals surface area (Å²) in [5, 5.41) is 9.96. The first kappa shape index (κ1) is 12.3. The molecule has 1 rings (SSSR count). The van der Waals surface area contributed by atoms with Gasteiger partial charge in [-0.3, -0.25) is 0 Å². The molecule has 1 aromatic rings. The SMILES string of the molecule is CCC(O)COc1cccc(Cl)c1CN. The summed E-state index contributed by atoms with van der Waals surface area (Å²) in [6.07, 6.45) is 0.216. The lowest BCUT2D eigenvalue weighted by Gasteiger charge is -2.13. The Morgan fingerprint density at radius 2 is 2.27 bits per heavy atom. The maximum Gasteiger partial charge on any atom is 0.125 e. The first-order chi connectivity index (χ1) is 7.19. The van der Waals surface area contributed by atoms with Gasteiger partial charge in [0.1, 0.15) is 12.4 Å². The van der Waals surface area contributed by atoms with Crippen molar-refractivity contribution in [3.63, 3.8) is 0 Å². The van der Waals surface area contributed by atoms with E-state index in [4.69, 9.17) is 22.1 Å². The van der Waals surface area contributed by atoms with Crippen molar-refractivity contribution in [3.05, 3.63) is 28.8 Å². The molecular formula is C11H16ClNO2. The van der Waals surface area contributed by atoms with Crippen LogP contribution < -0.4 is 10.5 Å². The fourth-order valence-electron chi connectivity index (χ4n) is 1.18. The van der Waals surface area contributed by atoms with E-state index >= 15 is 0 Å². The zero-order chi connectivity index (χ0) is 11.3. The molecule has 4 heteroatoms. The molecule has 0 radical (unpaired) electrons. The molecule has 0 aliphatic heterocycles. The first-order valence-electron chi connectivity index (χ1n) is 4.97. The molecule has 0 fully saturated rings. The highest BCUT2D eigenvalue weighted by Crippen LogP contribution is 2.25. The molecule has 0 saturated carbocycles. The molecule has 1 aromatic carbocycles. The van der Waals surface area contributed by atoms with Crippen molar-refractivity contribution < 1.29 is 9.84 Å². The number of hydrogen-bond acceptors (Lipinski definition) is 3. The predicted molar refractivity (Wildman–Crippen MR) is 61.1 cm³/mol. The van der Waals surface area contributed by atoms with Crippen molar-refractivity contribution >= 4 is 11.6 Å².